The van der Waals surface area contributed by atoms with Crippen molar-refractivity contribution in [2.75, 3.05) is 47.0 Å². The van der Waals surface area contributed by atoms with Gasteiger partial charge in [-0.3, -0.25) is 0 Å². The maximum Gasteiger partial charge on any atom is 0.0820 e. The predicted molar refractivity (Wildman–Crippen MR) is 60.9 cm³/mol. The summed E-state index contributed by atoms with van der Waals surface area (Å²) in [5, 5.41) is 0. The quantitative estimate of drug-likeness (QED) is 0.694. The molecule has 1 rings (SSSR count). The Morgan fingerprint density at radius 3 is 2.67 bits per heavy atom. The lowest BCUT2D eigenvalue weighted by Gasteiger charge is -2.28. The number of rotatable bonds is 6. The average molecular weight is 216 g/mol. The highest BCUT2D eigenvalue weighted by molar-refractivity contribution is 4.70. The third-order valence-electron chi connectivity index (χ3n) is 3.02. The Hall–Kier alpha value is -0.160. The lowest BCUT2D eigenvalue weighted by atomic mass is 10.00. The summed E-state index contributed by atoms with van der Waals surface area (Å²) < 4.78 is 10.6. The van der Waals surface area contributed by atoms with Crippen LogP contribution in [0.25, 0.3) is 0 Å². The first-order valence-corrected chi connectivity index (χ1v) is 5.75. The fourth-order valence-electron chi connectivity index (χ4n) is 2.04. The molecule has 0 aromatic rings. The van der Waals surface area contributed by atoms with E-state index in [1.807, 2.05) is 0 Å². The molecule has 1 heterocycles. The molecular weight excluding hydrogens is 192 g/mol. The standard InChI is InChI=1S/C11H24N2O2/c1-13(9-11(7-12)14-2)8-10-3-5-15-6-4-10/h10-11H,3-9,12H2,1-2H3. The molecule has 1 aliphatic rings. The molecule has 0 saturated carbocycles. The number of ether oxygens (including phenoxy) is 2. The summed E-state index contributed by atoms with van der Waals surface area (Å²) in [4.78, 5) is 2.32. The minimum atomic E-state index is 0.162. The van der Waals surface area contributed by atoms with Crippen LogP contribution in [-0.2, 0) is 9.47 Å². The van der Waals surface area contributed by atoms with Crippen LogP contribution in [0.2, 0.25) is 0 Å². The number of likely N-dealkylation sites (N-methyl/N-ethyl adjacent to an activating group) is 1. The van der Waals surface area contributed by atoms with Gasteiger partial charge in [0.15, 0.2) is 0 Å². The van der Waals surface area contributed by atoms with E-state index in [0.29, 0.717) is 6.54 Å². The lowest BCUT2D eigenvalue weighted by molar-refractivity contribution is 0.0405. The van der Waals surface area contributed by atoms with Crippen molar-refractivity contribution in [1.29, 1.82) is 0 Å². The summed E-state index contributed by atoms with van der Waals surface area (Å²) in [6, 6.07) is 0. The van der Waals surface area contributed by atoms with Crippen LogP contribution in [0.3, 0.4) is 0 Å². The molecule has 0 spiro atoms. The molecule has 0 radical (unpaired) electrons. The number of nitrogens with zero attached hydrogens (tertiary/aromatic N) is 1. The zero-order valence-electron chi connectivity index (χ0n) is 9.95. The topological polar surface area (TPSA) is 47.7 Å². The van der Waals surface area contributed by atoms with Crippen molar-refractivity contribution in [1.82, 2.24) is 4.90 Å². The minimum Gasteiger partial charge on any atom is -0.381 e. The molecule has 15 heavy (non-hydrogen) atoms. The van der Waals surface area contributed by atoms with E-state index >= 15 is 0 Å². The van der Waals surface area contributed by atoms with Gasteiger partial charge < -0.3 is 20.1 Å². The summed E-state index contributed by atoms with van der Waals surface area (Å²) in [5.74, 6) is 0.777. The Morgan fingerprint density at radius 1 is 1.47 bits per heavy atom. The van der Waals surface area contributed by atoms with Crippen molar-refractivity contribution in [3.63, 3.8) is 0 Å². The smallest absolute Gasteiger partial charge is 0.0820 e. The van der Waals surface area contributed by atoms with E-state index in [1.165, 1.54) is 12.8 Å². The van der Waals surface area contributed by atoms with E-state index in [1.54, 1.807) is 7.11 Å². The molecule has 1 atom stereocenters. The molecule has 0 bridgehead atoms. The summed E-state index contributed by atoms with van der Waals surface area (Å²) in [6.45, 7) is 4.48. The number of hydrogen-bond donors (Lipinski definition) is 1. The molecule has 4 nitrogen and oxygen atoms in total. The minimum absolute atomic E-state index is 0.162. The fourth-order valence-corrected chi connectivity index (χ4v) is 2.04. The van der Waals surface area contributed by atoms with Crippen molar-refractivity contribution in [3.8, 4) is 0 Å². The van der Waals surface area contributed by atoms with Crippen LogP contribution in [-0.4, -0.2) is 58.0 Å². The van der Waals surface area contributed by atoms with Gasteiger partial charge in [0.1, 0.15) is 0 Å². The number of methoxy groups -OCH3 is 1. The van der Waals surface area contributed by atoms with E-state index in [-0.39, 0.29) is 6.10 Å². The maximum atomic E-state index is 5.59. The Bertz CT molecular complexity index is 157. The van der Waals surface area contributed by atoms with Crippen molar-refractivity contribution >= 4 is 0 Å². The second-order valence-corrected chi connectivity index (χ2v) is 4.37. The largest absolute Gasteiger partial charge is 0.381 e. The highest BCUT2D eigenvalue weighted by atomic mass is 16.5. The molecule has 0 aromatic heterocycles. The Balaban J connectivity index is 2.18. The molecule has 0 amide bonds. The van der Waals surface area contributed by atoms with Gasteiger partial charge in [-0.05, 0) is 25.8 Å². The molecule has 4 heteroatoms. The van der Waals surface area contributed by atoms with Crippen LogP contribution in [0.15, 0.2) is 0 Å². The van der Waals surface area contributed by atoms with Crippen LogP contribution in [0.4, 0.5) is 0 Å². The Labute approximate surface area is 92.7 Å². The second-order valence-electron chi connectivity index (χ2n) is 4.37. The van der Waals surface area contributed by atoms with E-state index < -0.39 is 0 Å². The second kappa shape index (κ2) is 7.17. The molecule has 1 fully saturated rings. The van der Waals surface area contributed by atoms with Crippen molar-refractivity contribution in [2.24, 2.45) is 11.7 Å². The monoisotopic (exact) mass is 216 g/mol. The van der Waals surface area contributed by atoms with E-state index in [2.05, 4.69) is 11.9 Å². The van der Waals surface area contributed by atoms with Gasteiger partial charge in [0.05, 0.1) is 6.10 Å². The van der Waals surface area contributed by atoms with Crippen molar-refractivity contribution in [2.45, 2.75) is 18.9 Å². The summed E-state index contributed by atoms with van der Waals surface area (Å²) >= 11 is 0. The summed E-state index contributed by atoms with van der Waals surface area (Å²) in [5.41, 5.74) is 5.59. The molecule has 0 aromatic carbocycles. The normalized spacial score (nSPS) is 20.8. The van der Waals surface area contributed by atoms with Crippen LogP contribution in [0, 0.1) is 5.92 Å². The van der Waals surface area contributed by atoms with Crippen molar-refractivity contribution < 1.29 is 9.47 Å². The summed E-state index contributed by atoms with van der Waals surface area (Å²) in [7, 11) is 3.86. The lowest BCUT2D eigenvalue weighted by Crippen LogP contribution is -2.38. The van der Waals surface area contributed by atoms with Gasteiger partial charge in [0, 0.05) is 40.0 Å². The maximum absolute atomic E-state index is 5.59. The average Bonchev–Trinajstić information content (AvgIpc) is 2.27. The van der Waals surface area contributed by atoms with Gasteiger partial charge in [-0.1, -0.05) is 0 Å². The van der Waals surface area contributed by atoms with Gasteiger partial charge in [-0.2, -0.15) is 0 Å². The summed E-state index contributed by atoms with van der Waals surface area (Å²) in [6.07, 6.45) is 2.53. The molecule has 1 saturated heterocycles. The first kappa shape index (κ1) is 12.9. The van der Waals surface area contributed by atoms with E-state index in [0.717, 1.165) is 32.2 Å². The van der Waals surface area contributed by atoms with Crippen LogP contribution < -0.4 is 5.73 Å². The predicted octanol–water partition coefficient (Wildman–Crippen LogP) is 0.319. The highest BCUT2D eigenvalue weighted by Gasteiger charge is 2.17. The zero-order valence-corrected chi connectivity index (χ0v) is 9.95. The molecule has 2 N–H and O–H groups in total. The van der Waals surface area contributed by atoms with Crippen LogP contribution in [0.5, 0.6) is 0 Å². The molecule has 0 aliphatic carbocycles. The SMILES string of the molecule is COC(CN)CN(C)CC1CCOCC1. The van der Waals surface area contributed by atoms with E-state index in [4.69, 9.17) is 15.2 Å². The van der Waals surface area contributed by atoms with Crippen LogP contribution >= 0.6 is 0 Å². The van der Waals surface area contributed by atoms with Gasteiger partial charge in [0.2, 0.25) is 0 Å². The van der Waals surface area contributed by atoms with Gasteiger partial charge in [-0.25, -0.2) is 0 Å². The highest BCUT2D eigenvalue weighted by Crippen LogP contribution is 2.15. The van der Waals surface area contributed by atoms with Gasteiger partial charge >= 0.3 is 0 Å². The van der Waals surface area contributed by atoms with E-state index in [9.17, 15) is 0 Å². The zero-order chi connectivity index (χ0) is 11.1. The Kier molecular flexibility index (Phi) is 6.17. The molecule has 1 unspecified atom stereocenters. The number of hydrogen-bond acceptors (Lipinski definition) is 4. The van der Waals surface area contributed by atoms with Gasteiger partial charge in [-0.15, -0.1) is 0 Å². The fraction of sp³-hybridized carbons (Fsp3) is 1.00. The van der Waals surface area contributed by atoms with Crippen LogP contribution in [0.1, 0.15) is 12.8 Å². The Morgan fingerprint density at radius 2 is 2.13 bits per heavy atom. The van der Waals surface area contributed by atoms with Crippen molar-refractivity contribution in [3.05, 3.63) is 0 Å². The first-order valence-electron chi connectivity index (χ1n) is 5.75. The molecule has 1 aliphatic heterocycles. The first-order chi connectivity index (χ1) is 7.26. The third kappa shape index (κ3) is 4.93. The third-order valence-corrected chi connectivity index (χ3v) is 3.02. The number of nitrogens with two attached hydrogens (primary N) is 1. The molecule has 90 valence electrons. The van der Waals surface area contributed by atoms with Gasteiger partial charge in [0.25, 0.3) is 0 Å². The molecular formula is C11H24N2O2.